The zero-order chi connectivity index (χ0) is 19.5. The second-order valence-corrected chi connectivity index (χ2v) is 7.03. The maximum atomic E-state index is 12.6. The quantitative estimate of drug-likeness (QED) is 0.529. The zero-order valence-electron chi connectivity index (χ0n) is 15.8. The van der Waals surface area contributed by atoms with Crippen LogP contribution in [0, 0.1) is 0 Å². The Hall–Kier alpha value is -3.40. The average Bonchev–Trinajstić information content (AvgIpc) is 2.68. The molecule has 0 aliphatic rings. The largest absolute Gasteiger partial charge is 0.326 e. The van der Waals surface area contributed by atoms with Crippen molar-refractivity contribution in [2.45, 2.75) is 26.2 Å². The molecule has 0 fully saturated rings. The summed E-state index contributed by atoms with van der Waals surface area (Å²) in [6.45, 7) is 2.09. The minimum Gasteiger partial charge on any atom is -0.326 e. The number of rotatable bonds is 5. The summed E-state index contributed by atoms with van der Waals surface area (Å²) < 4.78 is 0. The summed E-state index contributed by atoms with van der Waals surface area (Å²) in [6, 6.07) is 21.4. The number of H-pyrrole nitrogens is 1. The van der Waals surface area contributed by atoms with Gasteiger partial charge in [-0.1, -0.05) is 61.9 Å². The molecule has 0 spiro atoms. The lowest BCUT2D eigenvalue weighted by Gasteiger charge is -2.10. The predicted molar refractivity (Wildman–Crippen MR) is 115 cm³/mol. The molecule has 0 atom stereocenters. The smallest absolute Gasteiger partial charge is 0.248 e. The minimum absolute atomic E-state index is 0.0808. The van der Waals surface area contributed by atoms with Gasteiger partial charge in [-0.25, -0.2) is 0 Å². The van der Waals surface area contributed by atoms with Gasteiger partial charge >= 0.3 is 0 Å². The molecule has 1 amide bonds. The van der Waals surface area contributed by atoms with E-state index in [1.165, 1.54) is 0 Å². The molecule has 2 N–H and O–H groups in total. The lowest BCUT2D eigenvalue weighted by atomic mass is 10.0. The Morgan fingerprint density at radius 1 is 0.929 bits per heavy atom. The third-order valence-electron chi connectivity index (χ3n) is 4.96. The van der Waals surface area contributed by atoms with Crippen LogP contribution in [0.5, 0.6) is 0 Å². The van der Waals surface area contributed by atoms with Crippen LogP contribution in [0.1, 0.15) is 24.5 Å². The van der Waals surface area contributed by atoms with E-state index >= 15 is 0 Å². The number of anilines is 1. The van der Waals surface area contributed by atoms with E-state index in [4.69, 9.17) is 0 Å². The van der Waals surface area contributed by atoms with E-state index in [-0.39, 0.29) is 11.5 Å². The second-order valence-electron chi connectivity index (χ2n) is 7.03. The Balaban J connectivity index is 1.59. The summed E-state index contributed by atoms with van der Waals surface area (Å²) in [5.74, 6) is -0.0808. The Morgan fingerprint density at radius 2 is 1.75 bits per heavy atom. The van der Waals surface area contributed by atoms with Crippen molar-refractivity contribution in [3.8, 4) is 0 Å². The second kappa shape index (κ2) is 7.69. The summed E-state index contributed by atoms with van der Waals surface area (Å²) in [6.07, 6.45) is 2.13. The highest BCUT2D eigenvalue weighted by Gasteiger charge is 2.09. The number of nitrogens with one attached hydrogen (secondary N) is 2. The third kappa shape index (κ3) is 3.67. The van der Waals surface area contributed by atoms with Crippen LogP contribution in [-0.2, 0) is 17.6 Å². The lowest BCUT2D eigenvalue weighted by Crippen LogP contribution is -2.15. The Labute approximate surface area is 163 Å². The van der Waals surface area contributed by atoms with E-state index < -0.39 is 0 Å². The zero-order valence-corrected chi connectivity index (χ0v) is 15.8. The summed E-state index contributed by atoms with van der Waals surface area (Å²) >= 11 is 0. The van der Waals surface area contributed by atoms with Crippen LogP contribution >= 0.6 is 0 Å². The van der Waals surface area contributed by atoms with Gasteiger partial charge in [0.2, 0.25) is 11.5 Å². The number of pyridine rings is 1. The van der Waals surface area contributed by atoms with Crippen LogP contribution in [0.3, 0.4) is 0 Å². The van der Waals surface area contributed by atoms with Crippen molar-refractivity contribution in [2.75, 3.05) is 5.32 Å². The number of carbonyl (C=O) groups is 1. The molecular weight excluding hydrogens is 348 g/mol. The van der Waals surface area contributed by atoms with Crippen molar-refractivity contribution < 1.29 is 4.79 Å². The Morgan fingerprint density at radius 3 is 2.61 bits per heavy atom. The van der Waals surface area contributed by atoms with Crippen molar-refractivity contribution in [3.05, 3.63) is 88.2 Å². The van der Waals surface area contributed by atoms with Gasteiger partial charge in [0, 0.05) is 17.1 Å². The van der Waals surface area contributed by atoms with E-state index in [9.17, 15) is 9.59 Å². The number of carbonyl (C=O) groups excluding carboxylic acids is 1. The van der Waals surface area contributed by atoms with E-state index in [0.717, 1.165) is 45.6 Å². The molecule has 4 heteroatoms. The normalized spacial score (nSPS) is 11.0. The number of benzene rings is 3. The van der Waals surface area contributed by atoms with Crippen molar-refractivity contribution in [1.82, 2.24) is 4.98 Å². The number of amides is 1. The van der Waals surface area contributed by atoms with Crippen LogP contribution in [0.25, 0.3) is 21.7 Å². The van der Waals surface area contributed by atoms with Gasteiger partial charge in [0.05, 0.1) is 11.9 Å². The summed E-state index contributed by atoms with van der Waals surface area (Å²) in [5, 5.41) is 6.19. The molecule has 4 rings (SSSR count). The molecule has 0 radical (unpaired) electrons. The maximum absolute atomic E-state index is 12.6. The standard InChI is InChI=1S/C24H22N2O2/c1-2-6-17-13-24(28)26-22-15-19(11-12-21(17)22)25-23(27)14-18-9-5-8-16-7-3-4-10-20(16)18/h3-5,7-13,15H,2,6,14H2,1H3,(H,25,27)(H,26,28). The highest BCUT2D eigenvalue weighted by molar-refractivity contribution is 5.97. The molecule has 0 unspecified atom stereocenters. The van der Waals surface area contributed by atoms with Crippen LogP contribution < -0.4 is 10.9 Å². The first-order valence-corrected chi connectivity index (χ1v) is 9.56. The monoisotopic (exact) mass is 370 g/mol. The van der Waals surface area contributed by atoms with E-state index in [0.29, 0.717) is 12.1 Å². The van der Waals surface area contributed by atoms with Gasteiger partial charge in [-0.15, -0.1) is 0 Å². The fraction of sp³-hybridized carbons (Fsp3) is 0.167. The van der Waals surface area contributed by atoms with Crippen LogP contribution in [0.15, 0.2) is 71.5 Å². The molecule has 0 saturated heterocycles. The summed E-state index contributed by atoms with van der Waals surface area (Å²) in [5.41, 5.74) is 3.35. The molecule has 0 bridgehead atoms. The van der Waals surface area contributed by atoms with Gasteiger partial charge in [-0.3, -0.25) is 9.59 Å². The fourth-order valence-electron chi connectivity index (χ4n) is 3.71. The molecule has 0 saturated carbocycles. The number of aromatic amines is 1. The molecule has 0 aliphatic heterocycles. The Kier molecular flexibility index (Phi) is 4.94. The van der Waals surface area contributed by atoms with Crippen molar-refractivity contribution >= 4 is 33.3 Å². The number of hydrogen-bond acceptors (Lipinski definition) is 2. The average molecular weight is 370 g/mol. The predicted octanol–water partition coefficient (Wildman–Crippen LogP) is 4.82. The van der Waals surface area contributed by atoms with Gasteiger partial charge in [0.25, 0.3) is 0 Å². The van der Waals surface area contributed by atoms with Crippen LogP contribution in [-0.4, -0.2) is 10.9 Å². The van der Waals surface area contributed by atoms with Gasteiger partial charge in [-0.05, 0) is 40.5 Å². The first kappa shape index (κ1) is 18.0. The topological polar surface area (TPSA) is 62.0 Å². The third-order valence-corrected chi connectivity index (χ3v) is 4.96. The molecule has 3 aromatic carbocycles. The SMILES string of the molecule is CCCc1cc(=O)[nH]c2cc(NC(=O)Cc3cccc4ccccc34)ccc12. The van der Waals surface area contributed by atoms with Gasteiger partial charge in [0.1, 0.15) is 0 Å². The highest BCUT2D eigenvalue weighted by atomic mass is 16.1. The summed E-state index contributed by atoms with van der Waals surface area (Å²) in [4.78, 5) is 27.4. The number of aromatic nitrogens is 1. The van der Waals surface area contributed by atoms with E-state index in [1.807, 2.05) is 60.7 Å². The molecule has 4 aromatic rings. The molecular formula is C24H22N2O2. The van der Waals surface area contributed by atoms with Gasteiger partial charge < -0.3 is 10.3 Å². The Bertz CT molecular complexity index is 1220. The maximum Gasteiger partial charge on any atom is 0.248 e. The lowest BCUT2D eigenvalue weighted by molar-refractivity contribution is -0.115. The number of hydrogen-bond donors (Lipinski definition) is 2. The van der Waals surface area contributed by atoms with Crippen LogP contribution in [0.2, 0.25) is 0 Å². The minimum atomic E-state index is -0.116. The van der Waals surface area contributed by atoms with Gasteiger partial charge in [0.15, 0.2) is 0 Å². The van der Waals surface area contributed by atoms with Gasteiger partial charge in [-0.2, -0.15) is 0 Å². The first-order chi connectivity index (χ1) is 13.6. The van der Waals surface area contributed by atoms with Crippen molar-refractivity contribution in [2.24, 2.45) is 0 Å². The number of aryl methyl sites for hydroxylation is 1. The highest BCUT2D eigenvalue weighted by Crippen LogP contribution is 2.22. The summed E-state index contributed by atoms with van der Waals surface area (Å²) in [7, 11) is 0. The van der Waals surface area contributed by atoms with Crippen LogP contribution in [0.4, 0.5) is 5.69 Å². The van der Waals surface area contributed by atoms with E-state index in [1.54, 1.807) is 6.07 Å². The molecule has 1 heterocycles. The fourth-order valence-corrected chi connectivity index (χ4v) is 3.71. The molecule has 0 aliphatic carbocycles. The first-order valence-electron chi connectivity index (χ1n) is 9.56. The van der Waals surface area contributed by atoms with E-state index in [2.05, 4.69) is 17.2 Å². The molecule has 140 valence electrons. The molecule has 1 aromatic heterocycles. The molecule has 28 heavy (non-hydrogen) atoms. The number of fused-ring (bicyclic) bond motifs is 2. The molecule has 4 nitrogen and oxygen atoms in total. The van der Waals surface area contributed by atoms with Crippen molar-refractivity contribution in [1.29, 1.82) is 0 Å². The van der Waals surface area contributed by atoms with Crippen molar-refractivity contribution in [3.63, 3.8) is 0 Å².